The molecule has 0 N–H and O–H groups in total. The fourth-order valence-electron chi connectivity index (χ4n) is 1.75. The smallest absolute Gasteiger partial charge is 0.186 e. The molecule has 20 heavy (non-hydrogen) atoms. The number of carbonyl (C=O) groups excluding carboxylic acids is 1. The summed E-state index contributed by atoms with van der Waals surface area (Å²) in [7, 11) is 0. The van der Waals surface area contributed by atoms with Crippen LogP contribution in [0.1, 0.15) is 21.5 Å². The summed E-state index contributed by atoms with van der Waals surface area (Å²) < 4.78 is 0. The van der Waals surface area contributed by atoms with E-state index in [1.54, 1.807) is 30.3 Å². The largest absolute Gasteiger partial charge is 0.289 e. The van der Waals surface area contributed by atoms with E-state index in [4.69, 9.17) is 34.8 Å². The standard InChI is InChI=1S/C16H11Cl3O/c1-10-8-14(18)15(19)9-13(10)16(20)7-4-11-2-5-12(17)6-3-11/h2-9H,1H3. The van der Waals surface area contributed by atoms with Crippen molar-refractivity contribution in [3.63, 3.8) is 0 Å². The van der Waals surface area contributed by atoms with Gasteiger partial charge in [-0.15, -0.1) is 0 Å². The summed E-state index contributed by atoms with van der Waals surface area (Å²) in [5.74, 6) is -0.115. The monoisotopic (exact) mass is 324 g/mol. The number of carbonyl (C=O) groups is 1. The molecule has 2 aromatic carbocycles. The lowest BCUT2D eigenvalue weighted by Gasteiger charge is -2.04. The highest BCUT2D eigenvalue weighted by atomic mass is 35.5. The lowest BCUT2D eigenvalue weighted by molar-refractivity contribution is 0.104. The van der Waals surface area contributed by atoms with Gasteiger partial charge in [-0.05, 0) is 48.4 Å². The molecule has 0 spiro atoms. The van der Waals surface area contributed by atoms with Crippen molar-refractivity contribution in [2.24, 2.45) is 0 Å². The van der Waals surface area contributed by atoms with E-state index in [9.17, 15) is 4.79 Å². The first-order valence-electron chi connectivity index (χ1n) is 5.91. The van der Waals surface area contributed by atoms with Gasteiger partial charge in [0.2, 0.25) is 0 Å². The van der Waals surface area contributed by atoms with Gasteiger partial charge in [-0.25, -0.2) is 0 Å². The van der Waals surface area contributed by atoms with Crippen molar-refractivity contribution in [3.8, 4) is 0 Å². The summed E-state index contributed by atoms with van der Waals surface area (Å²) >= 11 is 17.7. The quantitative estimate of drug-likeness (QED) is 0.511. The molecule has 0 unspecified atom stereocenters. The highest BCUT2D eigenvalue weighted by Gasteiger charge is 2.09. The average Bonchev–Trinajstić information content (AvgIpc) is 2.42. The molecule has 0 heterocycles. The Labute approximate surface area is 132 Å². The molecule has 0 atom stereocenters. The van der Waals surface area contributed by atoms with Crippen molar-refractivity contribution in [2.45, 2.75) is 6.92 Å². The molecule has 0 saturated heterocycles. The van der Waals surface area contributed by atoms with E-state index in [-0.39, 0.29) is 5.78 Å². The molecule has 2 rings (SSSR count). The molecule has 0 aromatic heterocycles. The molecule has 0 aliphatic carbocycles. The molecule has 0 amide bonds. The summed E-state index contributed by atoms with van der Waals surface area (Å²) in [6.45, 7) is 1.82. The van der Waals surface area contributed by atoms with Crippen LogP contribution in [-0.2, 0) is 0 Å². The maximum absolute atomic E-state index is 12.2. The van der Waals surface area contributed by atoms with Gasteiger partial charge in [0.15, 0.2) is 5.78 Å². The van der Waals surface area contributed by atoms with Crippen LogP contribution in [0, 0.1) is 6.92 Å². The second-order valence-electron chi connectivity index (χ2n) is 4.33. The molecule has 1 nitrogen and oxygen atoms in total. The SMILES string of the molecule is Cc1cc(Cl)c(Cl)cc1C(=O)C=Cc1ccc(Cl)cc1. The van der Waals surface area contributed by atoms with E-state index >= 15 is 0 Å². The summed E-state index contributed by atoms with van der Waals surface area (Å²) in [5.41, 5.74) is 2.25. The van der Waals surface area contributed by atoms with Crippen LogP contribution in [0.25, 0.3) is 6.08 Å². The number of rotatable bonds is 3. The Morgan fingerprint density at radius 1 is 1.00 bits per heavy atom. The molecule has 0 radical (unpaired) electrons. The fourth-order valence-corrected chi connectivity index (χ4v) is 2.26. The van der Waals surface area contributed by atoms with Gasteiger partial charge in [-0.2, -0.15) is 0 Å². The fraction of sp³-hybridized carbons (Fsp3) is 0.0625. The van der Waals surface area contributed by atoms with Gasteiger partial charge in [0.1, 0.15) is 0 Å². The molecule has 2 aromatic rings. The number of allylic oxidation sites excluding steroid dienone is 1. The Morgan fingerprint density at radius 2 is 1.60 bits per heavy atom. The normalized spacial score (nSPS) is 11.0. The van der Waals surface area contributed by atoms with Crippen LogP contribution in [0.4, 0.5) is 0 Å². The second-order valence-corrected chi connectivity index (χ2v) is 5.58. The minimum Gasteiger partial charge on any atom is -0.289 e. The first-order valence-corrected chi connectivity index (χ1v) is 7.04. The van der Waals surface area contributed by atoms with Gasteiger partial charge < -0.3 is 0 Å². The minimum absolute atomic E-state index is 0.115. The van der Waals surface area contributed by atoms with Crippen molar-refractivity contribution in [1.29, 1.82) is 0 Å². The molecule has 0 aliphatic rings. The molecule has 0 saturated carbocycles. The van der Waals surface area contributed by atoms with Crippen LogP contribution in [0.3, 0.4) is 0 Å². The Bertz CT molecular complexity index is 673. The van der Waals surface area contributed by atoms with E-state index in [2.05, 4.69) is 0 Å². The first kappa shape index (κ1) is 15.1. The molecule has 102 valence electrons. The van der Waals surface area contributed by atoms with Crippen LogP contribution in [0.15, 0.2) is 42.5 Å². The third kappa shape index (κ3) is 3.63. The van der Waals surface area contributed by atoms with E-state index < -0.39 is 0 Å². The Kier molecular flexibility index (Phi) is 4.87. The third-order valence-corrected chi connectivity index (χ3v) is 3.80. The van der Waals surface area contributed by atoms with Crippen molar-refractivity contribution < 1.29 is 4.79 Å². The molecule has 0 fully saturated rings. The topological polar surface area (TPSA) is 17.1 Å². The third-order valence-electron chi connectivity index (χ3n) is 2.83. The second kappa shape index (κ2) is 6.45. The van der Waals surface area contributed by atoms with Crippen molar-refractivity contribution in [2.75, 3.05) is 0 Å². The summed E-state index contributed by atoms with van der Waals surface area (Å²) in [6.07, 6.45) is 3.25. The molecule has 0 bridgehead atoms. The van der Waals surface area contributed by atoms with E-state index in [0.29, 0.717) is 20.6 Å². The van der Waals surface area contributed by atoms with Crippen LogP contribution in [-0.4, -0.2) is 5.78 Å². The number of halogens is 3. The van der Waals surface area contributed by atoms with E-state index in [1.807, 2.05) is 19.1 Å². The molecular formula is C16H11Cl3O. The van der Waals surface area contributed by atoms with Crippen LogP contribution in [0.5, 0.6) is 0 Å². The van der Waals surface area contributed by atoms with Gasteiger partial charge in [0.25, 0.3) is 0 Å². The highest BCUT2D eigenvalue weighted by molar-refractivity contribution is 6.42. The lowest BCUT2D eigenvalue weighted by Crippen LogP contribution is -1.98. The zero-order valence-electron chi connectivity index (χ0n) is 10.7. The van der Waals surface area contributed by atoms with Crippen LogP contribution < -0.4 is 0 Å². The first-order chi connectivity index (χ1) is 9.47. The zero-order chi connectivity index (χ0) is 14.7. The van der Waals surface area contributed by atoms with Gasteiger partial charge >= 0.3 is 0 Å². The maximum atomic E-state index is 12.2. The number of ketones is 1. The van der Waals surface area contributed by atoms with Crippen molar-refractivity contribution in [3.05, 3.63) is 74.2 Å². The Morgan fingerprint density at radius 3 is 2.25 bits per heavy atom. The maximum Gasteiger partial charge on any atom is 0.186 e. The summed E-state index contributed by atoms with van der Waals surface area (Å²) in [5, 5.41) is 1.48. The average molecular weight is 326 g/mol. The zero-order valence-corrected chi connectivity index (χ0v) is 12.9. The highest BCUT2D eigenvalue weighted by Crippen LogP contribution is 2.26. The van der Waals surface area contributed by atoms with E-state index in [1.165, 1.54) is 6.08 Å². The van der Waals surface area contributed by atoms with Crippen molar-refractivity contribution in [1.82, 2.24) is 0 Å². The van der Waals surface area contributed by atoms with Crippen molar-refractivity contribution >= 4 is 46.7 Å². The van der Waals surface area contributed by atoms with Gasteiger partial charge in [0.05, 0.1) is 10.0 Å². The minimum atomic E-state index is -0.115. The van der Waals surface area contributed by atoms with Crippen LogP contribution in [0.2, 0.25) is 15.1 Å². The van der Waals surface area contributed by atoms with E-state index in [0.717, 1.165) is 11.1 Å². The number of hydrogen-bond donors (Lipinski definition) is 0. The summed E-state index contributed by atoms with van der Waals surface area (Å²) in [6, 6.07) is 10.5. The predicted octanol–water partition coefficient (Wildman–Crippen LogP) is 5.85. The molecule has 4 heteroatoms. The lowest BCUT2D eigenvalue weighted by atomic mass is 10.0. The number of benzene rings is 2. The van der Waals surface area contributed by atoms with Crippen LogP contribution >= 0.6 is 34.8 Å². The number of hydrogen-bond acceptors (Lipinski definition) is 1. The summed E-state index contributed by atoms with van der Waals surface area (Å²) in [4.78, 5) is 12.2. The van der Waals surface area contributed by atoms with Gasteiger partial charge in [-0.3, -0.25) is 4.79 Å². The van der Waals surface area contributed by atoms with Gasteiger partial charge in [-0.1, -0.05) is 53.0 Å². The molecule has 0 aliphatic heterocycles. The molecular weight excluding hydrogens is 315 g/mol. The number of aryl methyl sites for hydroxylation is 1. The Balaban J connectivity index is 2.24. The Hall–Kier alpha value is -1.28. The van der Waals surface area contributed by atoms with Gasteiger partial charge in [0, 0.05) is 10.6 Å². The predicted molar refractivity (Wildman–Crippen MR) is 86.0 cm³/mol.